The van der Waals surface area contributed by atoms with E-state index in [4.69, 9.17) is 0 Å². The van der Waals surface area contributed by atoms with Crippen LogP contribution in [0.25, 0.3) is 10.4 Å². The van der Waals surface area contributed by atoms with Crippen molar-refractivity contribution in [1.29, 1.82) is 0 Å². The average Bonchev–Trinajstić information content (AvgIpc) is 2.90. The number of rotatable bonds is 5. The Bertz CT molecular complexity index is 668. The normalized spacial score (nSPS) is 11.6. The summed E-state index contributed by atoms with van der Waals surface area (Å²) in [7, 11) is -3.11. The van der Waals surface area contributed by atoms with Crippen molar-refractivity contribution in [3.63, 3.8) is 0 Å². The molecule has 0 saturated carbocycles. The molecule has 3 nitrogen and oxygen atoms in total. The van der Waals surface area contributed by atoms with Crippen LogP contribution in [0, 0.1) is 0 Å². The van der Waals surface area contributed by atoms with Crippen LogP contribution in [-0.4, -0.2) is 27.8 Å². The Balaban J connectivity index is 2.28. The fourth-order valence-corrected chi connectivity index (χ4v) is 4.03. The summed E-state index contributed by atoms with van der Waals surface area (Å²) in [6.07, 6.45) is 1.24. The molecule has 0 unspecified atom stereocenters. The molecule has 0 aliphatic carbocycles. The molecule has 1 heterocycles. The van der Waals surface area contributed by atoms with Crippen LogP contribution < -0.4 is 4.90 Å². The molecule has 2 aromatic rings. The first kappa shape index (κ1) is 15.1. The highest BCUT2D eigenvalue weighted by Crippen LogP contribution is 2.31. The van der Waals surface area contributed by atoms with Gasteiger partial charge in [-0.3, -0.25) is 0 Å². The number of anilines is 1. The lowest BCUT2D eigenvalue weighted by molar-refractivity contribution is 0.604. The predicted octanol–water partition coefficient (Wildman–Crippen LogP) is 3.66. The van der Waals surface area contributed by atoms with Gasteiger partial charge in [-0.05, 0) is 43.7 Å². The summed E-state index contributed by atoms with van der Waals surface area (Å²) in [6, 6.07) is 11.8. The third-order valence-corrected chi connectivity index (χ3v) is 6.18. The number of thiophene rings is 1. The maximum atomic E-state index is 11.5. The van der Waals surface area contributed by atoms with Gasteiger partial charge in [-0.2, -0.15) is 0 Å². The molecule has 0 aliphatic rings. The Kier molecular flexibility index (Phi) is 4.50. The maximum absolute atomic E-state index is 11.5. The zero-order valence-corrected chi connectivity index (χ0v) is 13.6. The van der Waals surface area contributed by atoms with E-state index in [0.29, 0.717) is 4.21 Å². The predicted molar refractivity (Wildman–Crippen MR) is 86.4 cm³/mol. The molecule has 1 aromatic carbocycles. The van der Waals surface area contributed by atoms with Crippen LogP contribution in [0.4, 0.5) is 5.69 Å². The molecule has 0 bridgehead atoms. The Hall–Kier alpha value is -1.33. The minimum Gasteiger partial charge on any atom is -0.372 e. The lowest BCUT2D eigenvalue weighted by atomic mass is 10.1. The minimum absolute atomic E-state index is 0.417. The average molecular weight is 309 g/mol. The second-order valence-electron chi connectivity index (χ2n) is 4.61. The SMILES string of the molecule is CCN(CC)c1ccc(-c2ccc(S(C)(=O)=O)s2)cc1. The molecule has 108 valence electrons. The molecule has 0 amide bonds. The summed E-state index contributed by atoms with van der Waals surface area (Å²) < 4.78 is 23.4. The number of benzene rings is 1. The van der Waals surface area contributed by atoms with Gasteiger partial charge in [0.25, 0.3) is 0 Å². The number of sulfone groups is 1. The summed E-state index contributed by atoms with van der Waals surface area (Å²) in [5.74, 6) is 0. The van der Waals surface area contributed by atoms with E-state index in [1.165, 1.54) is 23.3 Å². The first-order valence-corrected chi connectivity index (χ1v) is 9.31. The molecule has 0 N–H and O–H groups in total. The fraction of sp³-hybridized carbons (Fsp3) is 0.333. The second kappa shape index (κ2) is 5.97. The van der Waals surface area contributed by atoms with E-state index in [9.17, 15) is 8.42 Å². The zero-order chi connectivity index (χ0) is 14.8. The van der Waals surface area contributed by atoms with Gasteiger partial charge in [0.2, 0.25) is 0 Å². The van der Waals surface area contributed by atoms with Crippen molar-refractivity contribution in [1.82, 2.24) is 0 Å². The lowest BCUT2D eigenvalue weighted by Crippen LogP contribution is -2.21. The van der Waals surface area contributed by atoms with E-state index in [1.807, 2.05) is 18.2 Å². The maximum Gasteiger partial charge on any atom is 0.184 e. The van der Waals surface area contributed by atoms with Crippen LogP contribution in [-0.2, 0) is 9.84 Å². The third kappa shape index (κ3) is 3.22. The van der Waals surface area contributed by atoms with Gasteiger partial charge in [0.1, 0.15) is 4.21 Å². The Morgan fingerprint density at radius 2 is 1.60 bits per heavy atom. The first-order valence-electron chi connectivity index (χ1n) is 6.61. The van der Waals surface area contributed by atoms with Crippen molar-refractivity contribution < 1.29 is 8.42 Å². The van der Waals surface area contributed by atoms with E-state index in [0.717, 1.165) is 23.5 Å². The summed E-state index contributed by atoms with van der Waals surface area (Å²) in [5, 5.41) is 0. The highest BCUT2D eigenvalue weighted by molar-refractivity contribution is 7.92. The quantitative estimate of drug-likeness (QED) is 0.846. The summed E-state index contributed by atoms with van der Waals surface area (Å²) in [6.45, 7) is 6.23. The Morgan fingerprint density at radius 1 is 1.00 bits per heavy atom. The zero-order valence-electron chi connectivity index (χ0n) is 12.0. The molecule has 1 aromatic heterocycles. The lowest BCUT2D eigenvalue weighted by Gasteiger charge is -2.21. The van der Waals surface area contributed by atoms with Crippen molar-refractivity contribution >= 4 is 26.9 Å². The number of hydrogen-bond donors (Lipinski definition) is 0. The molecular formula is C15H19NO2S2. The van der Waals surface area contributed by atoms with Gasteiger partial charge in [-0.15, -0.1) is 11.3 Å². The molecule has 0 spiro atoms. The molecule has 5 heteroatoms. The van der Waals surface area contributed by atoms with Gasteiger partial charge < -0.3 is 4.90 Å². The highest BCUT2D eigenvalue weighted by atomic mass is 32.2. The summed E-state index contributed by atoms with van der Waals surface area (Å²) >= 11 is 1.32. The molecule has 20 heavy (non-hydrogen) atoms. The van der Waals surface area contributed by atoms with Crippen LogP contribution in [0.5, 0.6) is 0 Å². The molecule has 0 radical (unpaired) electrons. The highest BCUT2D eigenvalue weighted by Gasteiger charge is 2.11. The molecular weight excluding hydrogens is 290 g/mol. The van der Waals surface area contributed by atoms with Gasteiger partial charge >= 0.3 is 0 Å². The van der Waals surface area contributed by atoms with E-state index in [1.54, 1.807) is 6.07 Å². The number of hydrogen-bond acceptors (Lipinski definition) is 4. The van der Waals surface area contributed by atoms with Gasteiger partial charge in [0.15, 0.2) is 9.84 Å². The molecule has 0 saturated heterocycles. The van der Waals surface area contributed by atoms with E-state index in [2.05, 4.69) is 30.9 Å². The van der Waals surface area contributed by atoms with E-state index < -0.39 is 9.84 Å². The first-order chi connectivity index (χ1) is 9.45. The smallest absolute Gasteiger partial charge is 0.184 e. The Morgan fingerprint density at radius 3 is 2.05 bits per heavy atom. The van der Waals surface area contributed by atoms with Gasteiger partial charge in [-0.1, -0.05) is 12.1 Å². The van der Waals surface area contributed by atoms with Crippen LogP contribution >= 0.6 is 11.3 Å². The fourth-order valence-electron chi connectivity index (χ4n) is 2.10. The van der Waals surface area contributed by atoms with Crippen molar-refractivity contribution in [2.45, 2.75) is 18.1 Å². The van der Waals surface area contributed by atoms with Crippen LogP contribution in [0.3, 0.4) is 0 Å². The second-order valence-corrected chi connectivity index (χ2v) is 7.94. The topological polar surface area (TPSA) is 37.4 Å². The van der Waals surface area contributed by atoms with Gasteiger partial charge in [0.05, 0.1) is 0 Å². The van der Waals surface area contributed by atoms with E-state index in [-0.39, 0.29) is 0 Å². The molecule has 0 aliphatic heterocycles. The third-order valence-electron chi connectivity index (χ3n) is 3.23. The molecule has 2 rings (SSSR count). The van der Waals surface area contributed by atoms with Crippen molar-refractivity contribution in [3.8, 4) is 10.4 Å². The summed E-state index contributed by atoms with van der Waals surface area (Å²) in [4.78, 5) is 3.26. The minimum atomic E-state index is -3.11. The van der Waals surface area contributed by atoms with Crippen molar-refractivity contribution in [2.75, 3.05) is 24.2 Å². The van der Waals surface area contributed by atoms with Crippen molar-refractivity contribution in [3.05, 3.63) is 36.4 Å². The Labute approximate surface area is 124 Å². The van der Waals surface area contributed by atoms with Crippen LogP contribution in [0.1, 0.15) is 13.8 Å². The monoisotopic (exact) mass is 309 g/mol. The number of nitrogens with zero attached hydrogens (tertiary/aromatic N) is 1. The standard InChI is InChI=1S/C15H19NO2S2/c1-4-16(5-2)13-8-6-12(7-9-13)14-10-11-15(19-14)20(3,17)18/h6-11H,4-5H2,1-3H3. The van der Waals surface area contributed by atoms with Crippen molar-refractivity contribution in [2.24, 2.45) is 0 Å². The summed E-state index contributed by atoms with van der Waals surface area (Å²) in [5.41, 5.74) is 2.25. The molecule has 0 atom stereocenters. The van der Waals surface area contributed by atoms with Gasteiger partial charge in [-0.25, -0.2) is 8.42 Å². The van der Waals surface area contributed by atoms with E-state index >= 15 is 0 Å². The van der Waals surface area contributed by atoms with Gasteiger partial charge in [0, 0.05) is 29.9 Å². The van der Waals surface area contributed by atoms with Crippen LogP contribution in [0.2, 0.25) is 0 Å². The largest absolute Gasteiger partial charge is 0.372 e. The molecule has 0 fully saturated rings. The van der Waals surface area contributed by atoms with Crippen LogP contribution in [0.15, 0.2) is 40.6 Å².